The van der Waals surface area contributed by atoms with Gasteiger partial charge in [-0.05, 0) is 58.8 Å². The Labute approximate surface area is 180 Å². The smallest absolute Gasteiger partial charge is 0.344 e. The molecule has 0 aromatic heterocycles. The Bertz CT molecular complexity index is 1120. The second-order valence-corrected chi connectivity index (χ2v) is 6.88. The monoisotopic (exact) mass is 418 g/mol. The number of nitrogens with zero attached hydrogens (tertiary/aromatic N) is 2. The summed E-state index contributed by atoms with van der Waals surface area (Å²) in [5.41, 5.74) is 1.46. The van der Waals surface area contributed by atoms with Crippen LogP contribution in [-0.2, 0) is 20.9 Å². The summed E-state index contributed by atoms with van der Waals surface area (Å²) in [7, 11) is 3.28. The van der Waals surface area contributed by atoms with Crippen LogP contribution >= 0.6 is 0 Å². The summed E-state index contributed by atoms with van der Waals surface area (Å²) in [6, 6.07) is 20.1. The van der Waals surface area contributed by atoms with Gasteiger partial charge in [0.25, 0.3) is 5.91 Å². The molecule has 0 saturated carbocycles. The SMILES string of the molecule is COc1ccc2cc(CN(C)C(=O)COC(=O)COc3ccc(C#N)cc3)ccc2c1. The molecule has 7 nitrogen and oxygen atoms in total. The highest BCUT2D eigenvalue weighted by molar-refractivity contribution is 5.85. The fourth-order valence-corrected chi connectivity index (χ4v) is 2.92. The van der Waals surface area contributed by atoms with Crippen molar-refractivity contribution in [2.45, 2.75) is 6.54 Å². The molecule has 0 N–H and O–H groups in total. The normalized spacial score (nSPS) is 10.2. The van der Waals surface area contributed by atoms with E-state index in [4.69, 9.17) is 19.5 Å². The van der Waals surface area contributed by atoms with Crippen molar-refractivity contribution in [3.05, 3.63) is 71.8 Å². The Morgan fingerprint density at radius 3 is 2.32 bits per heavy atom. The lowest BCUT2D eigenvalue weighted by Gasteiger charge is -2.17. The van der Waals surface area contributed by atoms with E-state index in [2.05, 4.69) is 0 Å². The lowest BCUT2D eigenvalue weighted by atomic mass is 10.1. The molecule has 3 rings (SSSR count). The number of fused-ring (bicyclic) bond motifs is 1. The van der Waals surface area contributed by atoms with E-state index in [1.165, 1.54) is 4.90 Å². The predicted octanol–water partition coefficient (Wildman–Crippen LogP) is 3.30. The lowest BCUT2D eigenvalue weighted by Crippen LogP contribution is -2.31. The highest BCUT2D eigenvalue weighted by Gasteiger charge is 2.13. The number of methoxy groups -OCH3 is 1. The number of ether oxygens (including phenoxy) is 3. The molecule has 3 aromatic carbocycles. The molecule has 0 heterocycles. The highest BCUT2D eigenvalue weighted by atomic mass is 16.6. The fourth-order valence-electron chi connectivity index (χ4n) is 2.92. The van der Waals surface area contributed by atoms with E-state index >= 15 is 0 Å². The van der Waals surface area contributed by atoms with Crippen molar-refractivity contribution in [2.75, 3.05) is 27.4 Å². The number of benzene rings is 3. The second kappa shape index (κ2) is 10.1. The minimum absolute atomic E-state index is 0.318. The molecule has 1 amide bonds. The largest absolute Gasteiger partial charge is 0.497 e. The maximum absolute atomic E-state index is 12.3. The van der Waals surface area contributed by atoms with E-state index in [0.29, 0.717) is 17.9 Å². The van der Waals surface area contributed by atoms with Gasteiger partial charge in [-0.25, -0.2) is 4.79 Å². The molecule has 0 atom stereocenters. The van der Waals surface area contributed by atoms with E-state index in [1.54, 1.807) is 38.4 Å². The zero-order chi connectivity index (χ0) is 22.2. The van der Waals surface area contributed by atoms with Gasteiger partial charge in [0.2, 0.25) is 0 Å². The van der Waals surface area contributed by atoms with E-state index in [1.807, 2.05) is 42.5 Å². The molecular weight excluding hydrogens is 396 g/mol. The third-order valence-electron chi connectivity index (χ3n) is 4.65. The molecule has 0 aliphatic carbocycles. The van der Waals surface area contributed by atoms with Crippen LogP contribution in [0.25, 0.3) is 10.8 Å². The molecule has 0 spiro atoms. The third kappa shape index (κ3) is 5.97. The van der Waals surface area contributed by atoms with Crippen LogP contribution in [0, 0.1) is 11.3 Å². The van der Waals surface area contributed by atoms with Gasteiger partial charge in [0.15, 0.2) is 13.2 Å². The predicted molar refractivity (Wildman–Crippen MR) is 115 cm³/mol. The molecule has 0 aliphatic heterocycles. The van der Waals surface area contributed by atoms with Crippen LogP contribution in [0.4, 0.5) is 0 Å². The number of rotatable bonds is 8. The maximum atomic E-state index is 12.3. The molecule has 0 radical (unpaired) electrons. The molecule has 158 valence electrons. The maximum Gasteiger partial charge on any atom is 0.344 e. The average molecular weight is 418 g/mol. The van der Waals surface area contributed by atoms with Gasteiger partial charge in [0.05, 0.1) is 18.7 Å². The summed E-state index contributed by atoms with van der Waals surface area (Å²) in [6.45, 7) is -0.298. The molecule has 0 unspecified atom stereocenters. The Morgan fingerprint density at radius 2 is 1.61 bits per heavy atom. The van der Waals surface area contributed by atoms with Crippen molar-refractivity contribution in [3.8, 4) is 17.6 Å². The Hall–Kier alpha value is -4.05. The second-order valence-electron chi connectivity index (χ2n) is 6.88. The summed E-state index contributed by atoms with van der Waals surface area (Å²) in [5.74, 6) is 0.262. The summed E-state index contributed by atoms with van der Waals surface area (Å²) in [5, 5.41) is 10.9. The summed E-state index contributed by atoms with van der Waals surface area (Å²) in [6.07, 6.45) is 0. The highest BCUT2D eigenvalue weighted by Crippen LogP contribution is 2.22. The Morgan fingerprint density at radius 1 is 0.935 bits per heavy atom. The minimum Gasteiger partial charge on any atom is -0.497 e. The van der Waals surface area contributed by atoms with Gasteiger partial charge in [0.1, 0.15) is 11.5 Å². The topological polar surface area (TPSA) is 88.9 Å². The van der Waals surface area contributed by atoms with Gasteiger partial charge in [-0.2, -0.15) is 5.26 Å². The summed E-state index contributed by atoms with van der Waals surface area (Å²) in [4.78, 5) is 25.6. The number of carbonyl (C=O) groups excluding carboxylic acids is 2. The first kappa shape index (κ1) is 21.7. The molecule has 0 fully saturated rings. The average Bonchev–Trinajstić information content (AvgIpc) is 2.81. The van der Waals surface area contributed by atoms with Crippen molar-refractivity contribution in [1.82, 2.24) is 4.90 Å². The standard InChI is InChI=1S/C24H22N2O5/c1-26(14-18-3-6-20-12-22(29-2)10-7-19(20)11-18)23(27)15-31-24(28)16-30-21-8-4-17(13-25)5-9-21/h3-12H,14-16H2,1-2H3. The van der Waals surface area contributed by atoms with E-state index in [-0.39, 0.29) is 19.1 Å². The molecule has 0 saturated heterocycles. The van der Waals surface area contributed by atoms with E-state index < -0.39 is 5.97 Å². The number of likely N-dealkylation sites (N-methyl/N-ethyl adjacent to an activating group) is 1. The van der Waals surface area contributed by atoms with Crippen LogP contribution in [0.15, 0.2) is 60.7 Å². The summed E-state index contributed by atoms with van der Waals surface area (Å²) >= 11 is 0. The van der Waals surface area contributed by atoms with Crippen molar-refractivity contribution in [1.29, 1.82) is 5.26 Å². The van der Waals surface area contributed by atoms with Gasteiger partial charge in [-0.3, -0.25) is 4.79 Å². The number of hydrogen-bond donors (Lipinski definition) is 0. The third-order valence-corrected chi connectivity index (χ3v) is 4.65. The molecule has 0 bridgehead atoms. The molecule has 0 aliphatic rings. The van der Waals surface area contributed by atoms with Crippen LogP contribution in [-0.4, -0.2) is 44.1 Å². The van der Waals surface area contributed by atoms with Crippen LogP contribution in [0.5, 0.6) is 11.5 Å². The van der Waals surface area contributed by atoms with Gasteiger partial charge in [-0.15, -0.1) is 0 Å². The van der Waals surface area contributed by atoms with Crippen LogP contribution in [0.1, 0.15) is 11.1 Å². The Kier molecular flexibility index (Phi) is 7.07. The van der Waals surface area contributed by atoms with Gasteiger partial charge >= 0.3 is 5.97 Å². The first-order valence-electron chi connectivity index (χ1n) is 9.57. The van der Waals surface area contributed by atoms with Crippen LogP contribution < -0.4 is 9.47 Å². The zero-order valence-electron chi connectivity index (χ0n) is 17.3. The number of nitriles is 1. The molecule has 3 aromatic rings. The lowest BCUT2D eigenvalue weighted by molar-refractivity contribution is -0.153. The molecular formula is C24H22N2O5. The zero-order valence-corrected chi connectivity index (χ0v) is 17.3. The van der Waals surface area contributed by atoms with E-state index in [9.17, 15) is 9.59 Å². The summed E-state index contributed by atoms with van der Waals surface area (Å²) < 4.78 is 15.5. The van der Waals surface area contributed by atoms with Gasteiger partial charge in [0, 0.05) is 13.6 Å². The Balaban J connectivity index is 1.46. The number of hydrogen-bond acceptors (Lipinski definition) is 6. The number of amides is 1. The van der Waals surface area contributed by atoms with Crippen molar-refractivity contribution < 1.29 is 23.8 Å². The fraction of sp³-hybridized carbons (Fsp3) is 0.208. The minimum atomic E-state index is -0.647. The molecule has 7 heteroatoms. The quantitative estimate of drug-likeness (QED) is 0.522. The first-order valence-corrected chi connectivity index (χ1v) is 9.57. The van der Waals surface area contributed by atoms with Crippen molar-refractivity contribution in [2.24, 2.45) is 0 Å². The molecule has 31 heavy (non-hydrogen) atoms. The van der Waals surface area contributed by atoms with E-state index in [0.717, 1.165) is 22.1 Å². The van der Waals surface area contributed by atoms with Gasteiger partial charge in [-0.1, -0.05) is 18.2 Å². The number of carbonyl (C=O) groups is 2. The van der Waals surface area contributed by atoms with Crippen LogP contribution in [0.2, 0.25) is 0 Å². The van der Waals surface area contributed by atoms with Crippen LogP contribution in [0.3, 0.4) is 0 Å². The van der Waals surface area contributed by atoms with Crippen molar-refractivity contribution >= 4 is 22.6 Å². The first-order chi connectivity index (χ1) is 15.0. The number of esters is 1. The van der Waals surface area contributed by atoms with Crippen molar-refractivity contribution in [3.63, 3.8) is 0 Å². The van der Waals surface area contributed by atoms with Gasteiger partial charge < -0.3 is 19.1 Å².